The van der Waals surface area contributed by atoms with Gasteiger partial charge in [0.05, 0.1) is 8.26 Å². The highest BCUT2D eigenvalue weighted by Crippen LogP contribution is 2.42. The second-order valence-electron chi connectivity index (χ2n) is 3.72. The quantitative estimate of drug-likeness (QED) is 0.822. The smallest absolute Gasteiger partial charge is 0.267 e. The van der Waals surface area contributed by atoms with Crippen LogP contribution in [0.3, 0.4) is 0 Å². The molecule has 1 aromatic rings. The Bertz CT molecular complexity index is 413. The number of likely N-dealkylation sites (tertiary alicyclic amines) is 1. The fourth-order valence-electron chi connectivity index (χ4n) is 1.76. The first kappa shape index (κ1) is 12.4. The van der Waals surface area contributed by atoms with Gasteiger partial charge >= 0.3 is 0 Å². The molecule has 0 radical (unpaired) electrons. The summed E-state index contributed by atoms with van der Waals surface area (Å²) < 4.78 is 1.32. The van der Waals surface area contributed by atoms with Crippen molar-refractivity contribution in [3.63, 3.8) is 0 Å². The Hall–Kier alpha value is -0.0700. The highest BCUT2D eigenvalue weighted by molar-refractivity contribution is 9.13. The number of amides is 1. The van der Waals surface area contributed by atoms with E-state index in [4.69, 9.17) is 0 Å². The zero-order chi connectivity index (χ0) is 11.7. The van der Waals surface area contributed by atoms with Crippen LogP contribution in [0.25, 0.3) is 0 Å². The maximum Gasteiger partial charge on any atom is 0.267 e. The number of rotatable bonds is 1. The van der Waals surface area contributed by atoms with E-state index >= 15 is 0 Å². The van der Waals surface area contributed by atoms with Crippen molar-refractivity contribution in [2.75, 3.05) is 13.1 Å². The first-order valence-electron chi connectivity index (χ1n) is 5.07. The number of carbonyl (C=O) groups is 1. The molecule has 1 fully saturated rings. The predicted molar refractivity (Wildman–Crippen MR) is 71.1 cm³/mol. The zero-order valence-corrected chi connectivity index (χ0v) is 12.5. The average molecular weight is 369 g/mol. The number of carbonyl (C=O) groups excluding carboxylic acids is 1. The Morgan fingerprint density at radius 1 is 1.25 bits per heavy atom. The molecule has 0 saturated carbocycles. The van der Waals surface area contributed by atoms with Crippen LogP contribution in [0.2, 0.25) is 0 Å². The number of hydrogen-bond acceptors (Lipinski definition) is 3. The Morgan fingerprint density at radius 3 is 2.38 bits per heavy atom. The molecule has 1 amide bonds. The summed E-state index contributed by atoms with van der Waals surface area (Å²) in [5, 5.41) is 9.81. The van der Waals surface area contributed by atoms with Crippen molar-refractivity contribution in [3.8, 4) is 5.75 Å². The van der Waals surface area contributed by atoms with E-state index in [1.807, 2.05) is 4.90 Å². The lowest BCUT2D eigenvalue weighted by atomic mass is 10.1. The highest BCUT2D eigenvalue weighted by Gasteiger charge is 2.25. The minimum absolute atomic E-state index is 0.0486. The molecule has 16 heavy (non-hydrogen) atoms. The maximum atomic E-state index is 12.1. The van der Waals surface area contributed by atoms with Gasteiger partial charge in [0.25, 0.3) is 5.91 Å². The topological polar surface area (TPSA) is 40.5 Å². The first-order chi connectivity index (χ1) is 7.61. The first-order valence-corrected chi connectivity index (χ1v) is 7.47. The molecule has 0 spiro atoms. The summed E-state index contributed by atoms with van der Waals surface area (Å²) in [5.74, 6) is -0.0129. The normalized spacial score (nSPS) is 16.5. The molecule has 0 atom stereocenters. The van der Waals surface area contributed by atoms with Crippen molar-refractivity contribution in [2.45, 2.75) is 19.3 Å². The third-order valence-corrected chi connectivity index (χ3v) is 6.03. The van der Waals surface area contributed by atoms with Gasteiger partial charge in [-0.1, -0.05) is 0 Å². The molecule has 88 valence electrons. The average Bonchev–Trinajstić information content (AvgIpc) is 2.57. The summed E-state index contributed by atoms with van der Waals surface area (Å²) in [7, 11) is 0. The number of nitrogens with zero attached hydrogens (tertiary/aromatic N) is 1. The number of thiophene rings is 1. The van der Waals surface area contributed by atoms with Gasteiger partial charge in [-0.05, 0) is 51.1 Å². The number of halogens is 2. The molecule has 3 nitrogen and oxygen atoms in total. The molecule has 6 heteroatoms. The molecule has 1 aliphatic heterocycles. The minimum Gasteiger partial charge on any atom is -0.505 e. The van der Waals surface area contributed by atoms with Crippen molar-refractivity contribution in [1.29, 1.82) is 0 Å². The van der Waals surface area contributed by atoms with Crippen LogP contribution in [-0.2, 0) is 0 Å². The van der Waals surface area contributed by atoms with Crippen molar-refractivity contribution >= 4 is 49.1 Å². The zero-order valence-electron chi connectivity index (χ0n) is 8.50. The summed E-state index contributed by atoms with van der Waals surface area (Å²) in [6, 6.07) is 0. The van der Waals surface area contributed by atoms with Crippen LogP contribution in [0.5, 0.6) is 5.75 Å². The number of aromatic hydroxyl groups is 1. The van der Waals surface area contributed by atoms with Crippen molar-refractivity contribution < 1.29 is 9.90 Å². The molecule has 1 aromatic heterocycles. The van der Waals surface area contributed by atoms with Gasteiger partial charge < -0.3 is 10.0 Å². The molecule has 2 heterocycles. The van der Waals surface area contributed by atoms with E-state index in [9.17, 15) is 9.90 Å². The molecule has 2 rings (SSSR count). The summed E-state index contributed by atoms with van der Waals surface area (Å²) in [5.41, 5.74) is 0. The van der Waals surface area contributed by atoms with E-state index < -0.39 is 0 Å². The van der Waals surface area contributed by atoms with Crippen molar-refractivity contribution in [2.24, 2.45) is 0 Å². The van der Waals surface area contributed by atoms with Gasteiger partial charge in [-0.15, -0.1) is 11.3 Å². The summed E-state index contributed by atoms with van der Waals surface area (Å²) >= 11 is 7.81. The molecular formula is C10H11Br2NO2S. The van der Waals surface area contributed by atoms with Crippen LogP contribution in [0.4, 0.5) is 0 Å². The van der Waals surface area contributed by atoms with Crippen LogP contribution in [-0.4, -0.2) is 29.0 Å². The second kappa shape index (κ2) is 5.06. The van der Waals surface area contributed by atoms with Gasteiger partial charge in [0, 0.05) is 13.1 Å². The SMILES string of the molecule is O=C(c1sc(Br)c(Br)c1O)N1CCCCC1. The molecule has 0 unspecified atom stereocenters. The lowest BCUT2D eigenvalue weighted by molar-refractivity contribution is 0.0726. The van der Waals surface area contributed by atoms with Gasteiger partial charge in [0.2, 0.25) is 0 Å². The summed E-state index contributed by atoms with van der Waals surface area (Å²) in [6.07, 6.45) is 3.30. The second-order valence-corrected chi connectivity index (χ2v) is 6.85. The fraction of sp³-hybridized carbons (Fsp3) is 0.500. The summed E-state index contributed by atoms with van der Waals surface area (Å²) in [4.78, 5) is 14.4. The van der Waals surface area contributed by atoms with Crippen LogP contribution < -0.4 is 0 Å². The predicted octanol–water partition coefficient (Wildman–Crippen LogP) is 3.60. The molecule has 0 aliphatic carbocycles. The van der Waals surface area contributed by atoms with Crippen LogP contribution >= 0.6 is 43.2 Å². The molecule has 1 aliphatic rings. The van der Waals surface area contributed by atoms with Gasteiger partial charge in [-0.3, -0.25) is 4.79 Å². The van der Waals surface area contributed by atoms with E-state index in [-0.39, 0.29) is 11.7 Å². The van der Waals surface area contributed by atoms with Crippen LogP contribution in [0.15, 0.2) is 8.26 Å². The Kier molecular flexibility index (Phi) is 3.92. The van der Waals surface area contributed by atoms with E-state index in [0.29, 0.717) is 9.35 Å². The maximum absolute atomic E-state index is 12.1. The van der Waals surface area contributed by atoms with Gasteiger partial charge in [0.15, 0.2) is 5.75 Å². The largest absolute Gasteiger partial charge is 0.505 e. The number of piperidine rings is 1. The van der Waals surface area contributed by atoms with Crippen molar-refractivity contribution in [1.82, 2.24) is 4.90 Å². The highest BCUT2D eigenvalue weighted by atomic mass is 79.9. The lowest BCUT2D eigenvalue weighted by Gasteiger charge is -2.26. The fourth-order valence-corrected chi connectivity index (χ4v) is 3.79. The molecular weight excluding hydrogens is 358 g/mol. The third kappa shape index (κ3) is 2.28. The Morgan fingerprint density at radius 2 is 1.88 bits per heavy atom. The molecule has 0 aromatic carbocycles. The van der Waals surface area contributed by atoms with Gasteiger partial charge in [-0.2, -0.15) is 0 Å². The minimum atomic E-state index is -0.0615. The molecule has 1 N–H and O–H groups in total. The molecule has 1 saturated heterocycles. The monoisotopic (exact) mass is 367 g/mol. The Labute approximate surface area is 115 Å². The van der Waals surface area contributed by atoms with E-state index in [1.165, 1.54) is 17.8 Å². The standard InChI is InChI=1S/C10H11Br2NO2S/c11-6-7(14)8(16-9(6)12)10(15)13-4-2-1-3-5-13/h14H,1-5H2. The van der Waals surface area contributed by atoms with Gasteiger partial charge in [0.1, 0.15) is 4.88 Å². The summed E-state index contributed by atoms with van der Waals surface area (Å²) in [6.45, 7) is 1.59. The van der Waals surface area contributed by atoms with E-state index in [2.05, 4.69) is 31.9 Å². The number of hydrogen-bond donors (Lipinski definition) is 1. The van der Waals surface area contributed by atoms with E-state index in [0.717, 1.165) is 29.7 Å². The van der Waals surface area contributed by atoms with Crippen LogP contribution in [0, 0.1) is 0 Å². The van der Waals surface area contributed by atoms with E-state index in [1.54, 1.807) is 0 Å². The van der Waals surface area contributed by atoms with Crippen LogP contribution in [0.1, 0.15) is 28.9 Å². The molecule has 0 bridgehead atoms. The van der Waals surface area contributed by atoms with Gasteiger partial charge in [-0.25, -0.2) is 0 Å². The van der Waals surface area contributed by atoms with Crippen molar-refractivity contribution in [3.05, 3.63) is 13.1 Å². The lowest BCUT2D eigenvalue weighted by Crippen LogP contribution is -2.35. The Balaban J connectivity index is 2.22. The third-order valence-electron chi connectivity index (χ3n) is 2.62.